The van der Waals surface area contributed by atoms with Crippen LogP contribution < -0.4 is 0 Å². The van der Waals surface area contributed by atoms with Gasteiger partial charge in [0.1, 0.15) is 0 Å². The number of carboxylic acids is 1. The monoisotopic (exact) mass is 282 g/mol. The number of halogens is 4. The van der Waals surface area contributed by atoms with Crippen LogP contribution in [-0.4, -0.2) is 23.9 Å². The highest BCUT2D eigenvalue weighted by Crippen LogP contribution is 2.27. The summed E-state index contributed by atoms with van der Waals surface area (Å²) in [6.07, 6.45) is -4.83. The van der Waals surface area contributed by atoms with E-state index in [1.54, 1.807) is 24.3 Å². The number of rotatable bonds is 5. The van der Waals surface area contributed by atoms with Crippen LogP contribution in [-0.2, 0) is 16.1 Å². The lowest BCUT2D eigenvalue weighted by molar-refractivity contribution is -0.203. The summed E-state index contributed by atoms with van der Waals surface area (Å²) < 4.78 is 41.6. The molecule has 100 valence electrons. The van der Waals surface area contributed by atoms with E-state index in [0.29, 0.717) is 10.6 Å². The second-order valence-corrected chi connectivity index (χ2v) is 3.95. The van der Waals surface area contributed by atoms with Gasteiger partial charge in [0.05, 0.1) is 13.2 Å². The molecule has 0 radical (unpaired) electrons. The summed E-state index contributed by atoms with van der Waals surface area (Å²) in [7, 11) is 0. The number of hydrogen-bond donors (Lipinski definition) is 1. The third-order valence-corrected chi connectivity index (χ3v) is 2.56. The second-order valence-electron chi connectivity index (χ2n) is 3.54. The van der Waals surface area contributed by atoms with Crippen molar-refractivity contribution in [2.24, 2.45) is 5.92 Å². The summed E-state index contributed by atoms with van der Waals surface area (Å²) >= 11 is 5.77. The summed E-state index contributed by atoms with van der Waals surface area (Å²) in [6, 6.07) is 6.48. The molecule has 0 saturated heterocycles. The quantitative estimate of drug-likeness (QED) is 0.902. The first-order valence-electron chi connectivity index (χ1n) is 4.93. The van der Waals surface area contributed by atoms with Crippen molar-refractivity contribution in [1.82, 2.24) is 0 Å². The standard InChI is InChI=1S/C11H10ClF3O3/c12-9-4-2-1-3-7(9)5-18-6-8(10(16)17)11(13,14)15/h1-4,8H,5-6H2,(H,16,17). The predicted molar refractivity (Wildman–Crippen MR) is 58.3 cm³/mol. The predicted octanol–water partition coefficient (Wildman–Crippen LogP) is 3.12. The van der Waals surface area contributed by atoms with E-state index >= 15 is 0 Å². The van der Waals surface area contributed by atoms with E-state index in [9.17, 15) is 18.0 Å². The first-order chi connectivity index (χ1) is 8.32. The van der Waals surface area contributed by atoms with Crippen molar-refractivity contribution in [2.45, 2.75) is 12.8 Å². The van der Waals surface area contributed by atoms with E-state index in [1.165, 1.54) is 0 Å². The average molecular weight is 283 g/mol. The van der Waals surface area contributed by atoms with Crippen LogP contribution in [0.1, 0.15) is 5.56 Å². The molecule has 0 spiro atoms. The van der Waals surface area contributed by atoms with E-state index in [1.807, 2.05) is 0 Å². The highest BCUT2D eigenvalue weighted by molar-refractivity contribution is 6.31. The number of aliphatic carboxylic acids is 1. The van der Waals surface area contributed by atoms with Gasteiger partial charge in [0.25, 0.3) is 0 Å². The lowest BCUT2D eigenvalue weighted by atomic mass is 10.1. The third kappa shape index (κ3) is 4.19. The molecule has 1 atom stereocenters. The van der Waals surface area contributed by atoms with Crippen LogP contribution in [0, 0.1) is 5.92 Å². The van der Waals surface area contributed by atoms with Crippen molar-refractivity contribution in [1.29, 1.82) is 0 Å². The van der Waals surface area contributed by atoms with Crippen LogP contribution in [0.5, 0.6) is 0 Å². The molecule has 0 amide bonds. The van der Waals surface area contributed by atoms with Gasteiger partial charge in [-0.1, -0.05) is 29.8 Å². The zero-order valence-corrected chi connectivity index (χ0v) is 9.83. The maximum Gasteiger partial charge on any atom is 0.404 e. The number of carboxylic acid groups (broad SMARTS) is 1. The van der Waals surface area contributed by atoms with Crippen molar-refractivity contribution in [3.8, 4) is 0 Å². The van der Waals surface area contributed by atoms with Gasteiger partial charge in [-0.05, 0) is 11.6 Å². The SMILES string of the molecule is O=C(O)C(COCc1ccccc1Cl)C(F)(F)F. The van der Waals surface area contributed by atoms with E-state index in [2.05, 4.69) is 0 Å². The molecule has 0 aromatic heterocycles. The maximum atomic E-state index is 12.3. The molecule has 0 aliphatic rings. The van der Waals surface area contributed by atoms with Crippen LogP contribution in [0.15, 0.2) is 24.3 Å². The highest BCUT2D eigenvalue weighted by Gasteiger charge is 2.45. The Bertz CT molecular complexity index is 420. The minimum Gasteiger partial charge on any atom is -0.481 e. The molecule has 1 aromatic rings. The van der Waals surface area contributed by atoms with E-state index in [4.69, 9.17) is 21.4 Å². The second kappa shape index (κ2) is 6.06. The van der Waals surface area contributed by atoms with Crippen LogP contribution in [0.2, 0.25) is 5.02 Å². The van der Waals surface area contributed by atoms with Crippen LogP contribution in [0.25, 0.3) is 0 Å². The fraction of sp³-hybridized carbons (Fsp3) is 0.364. The highest BCUT2D eigenvalue weighted by atomic mass is 35.5. The normalized spacial score (nSPS) is 13.3. The van der Waals surface area contributed by atoms with Crippen molar-refractivity contribution >= 4 is 17.6 Å². The van der Waals surface area contributed by atoms with Crippen LogP contribution in [0.3, 0.4) is 0 Å². The lowest BCUT2D eigenvalue weighted by Crippen LogP contribution is -2.34. The Morgan fingerprint density at radius 3 is 2.50 bits per heavy atom. The maximum absolute atomic E-state index is 12.3. The number of ether oxygens (including phenoxy) is 1. The van der Waals surface area contributed by atoms with Gasteiger partial charge < -0.3 is 9.84 Å². The van der Waals surface area contributed by atoms with Gasteiger partial charge in [0.15, 0.2) is 5.92 Å². The van der Waals surface area contributed by atoms with Crippen molar-refractivity contribution < 1.29 is 27.8 Å². The topological polar surface area (TPSA) is 46.5 Å². The number of alkyl halides is 3. The first-order valence-corrected chi connectivity index (χ1v) is 5.31. The molecule has 0 saturated carbocycles. The molecule has 1 unspecified atom stereocenters. The molecule has 0 bridgehead atoms. The summed E-state index contributed by atoms with van der Waals surface area (Å²) in [5, 5.41) is 8.79. The third-order valence-electron chi connectivity index (χ3n) is 2.19. The largest absolute Gasteiger partial charge is 0.481 e. The Morgan fingerprint density at radius 2 is 2.00 bits per heavy atom. The van der Waals surface area contributed by atoms with E-state index < -0.39 is 24.7 Å². The van der Waals surface area contributed by atoms with Gasteiger partial charge in [-0.15, -0.1) is 0 Å². The lowest BCUT2D eigenvalue weighted by Gasteiger charge is -2.16. The van der Waals surface area contributed by atoms with Crippen LogP contribution >= 0.6 is 11.6 Å². The minimum atomic E-state index is -4.83. The Balaban J connectivity index is 2.55. The van der Waals surface area contributed by atoms with E-state index in [0.717, 1.165) is 0 Å². The molecule has 3 nitrogen and oxygen atoms in total. The average Bonchev–Trinajstić information content (AvgIpc) is 2.24. The summed E-state index contributed by atoms with van der Waals surface area (Å²) in [6.45, 7) is -1.11. The first kappa shape index (κ1) is 14.8. The molecule has 7 heteroatoms. The molecule has 18 heavy (non-hydrogen) atoms. The molecular formula is C11H10ClF3O3. The Hall–Kier alpha value is -1.27. The Kier molecular flexibility index (Phi) is 4.98. The van der Waals surface area contributed by atoms with Gasteiger partial charge in [-0.2, -0.15) is 13.2 Å². The number of benzene rings is 1. The number of carbonyl (C=O) groups is 1. The van der Waals surface area contributed by atoms with Gasteiger partial charge in [0, 0.05) is 5.02 Å². The molecule has 0 fully saturated rings. The van der Waals surface area contributed by atoms with Gasteiger partial charge in [-0.3, -0.25) is 4.79 Å². The Morgan fingerprint density at radius 1 is 1.39 bits per heavy atom. The molecule has 1 N–H and O–H groups in total. The zero-order chi connectivity index (χ0) is 13.8. The van der Waals surface area contributed by atoms with Crippen molar-refractivity contribution in [3.05, 3.63) is 34.9 Å². The van der Waals surface area contributed by atoms with Crippen molar-refractivity contribution in [3.63, 3.8) is 0 Å². The molecular weight excluding hydrogens is 273 g/mol. The molecule has 0 aliphatic carbocycles. The molecule has 0 aliphatic heterocycles. The zero-order valence-electron chi connectivity index (χ0n) is 9.08. The minimum absolute atomic E-state index is 0.167. The molecule has 1 rings (SSSR count). The molecule has 1 aromatic carbocycles. The van der Waals surface area contributed by atoms with E-state index in [-0.39, 0.29) is 6.61 Å². The summed E-state index contributed by atoms with van der Waals surface area (Å²) in [5.74, 6) is -4.48. The smallest absolute Gasteiger partial charge is 0.404 e. The number of hydrogen-bond acceptors (Lipinski definition) is 2. The molecule has 0 heterocycles. The van der Waals surface area contributed by atoms with Crippen molar-refractivity contribution in [2.75, 3.05) is 6.61 Å². The summed E-state index contributed by atoms with van der Waals surface area (Å²) in [5.41, 5.74) is 0.505. The fourth-order valence-electron chi connectivity index (χ4n) is 1.21. The summed E-state index contributed by atoms with van der Waals surface area (Å²) in [4.78, 5) is 10.4. The Labute approximate surface area is 106 Å². The van der Waals surface area contributed by atoms with Crippen LogP contribution in [0.4, 0.5) is 13.2 Å². The fourth-order valence-corrected chi connectivity index (χ4v) is 1.40. The van der Waals surface area contributed by atoms with Gasteiger partial charge in [-0.25, -0.2) is 0 Å². The van der Waals surface area contributed by atoms with Gasteiger partial charge in [0.2, 0.25) is 0 Å². The van der Waals surface area contributed by atoms with Gasteiger partial charge >= 0.3 is 12.1 Å².